The predicted octanol–water partition coefficient (Wildman–Crippen LogP) is 3.24. The predicted molar refractivity (Wildman–Crippen MR) is 98.0 cm³/mol. The van der Waals surface area contributed by atoms with Crippen LogP contribution in [0.5, 0.6) is 0 Å². The number of hydrogen-bond donors (Lipinski definition) is 0. The van der Waals surface area contributed by atoms with Crippen molar-refractivity contribution in [2.24, 2.45) is 4.99 Å². The third kappa shape index (κ3) is 3.26. The second-order valence-electron chi connectivity index (χ2n) is 5.73. The van der Waals surface area contributed by atoms with Crippen LogP contribution in [-0.2, 0) is 13.0 Å². The van der Waals surface area contributed by atoms with E-state index in [-0.39, 0.29) is 0 Å². The van der Waals surface area contributed by atoms with Crippen LogP contribution in [0.2, 0.25) is 0 Å². The van der Waals surface area contributed by atoms with E-state index in [9.17, 15) is 5.26 Å². The molecule has 2 aromatic rings. The van der Waals surface area contributed by atoms with Crippen molar-refractivity contribution < 1.29 is 4.42 Å². The molecule has 3 rings (SSSR count). The average molecular weight is 343 g/mol. The van der Waals surface area contributed by atoms with E-state index in [0.717, 1.165) is 17.0 Å². The Hall–Kier alpha value is -3.64. The number of hydrogen-bond acceptors (Lipinski definition) is 5. The molecule has 2 heterocycles. The van der Waals surface area contributed by atoms with Crippen molar-refractivity contribution >= 4 is 5.84 Å². The molecule has 128 valence electrons. The third-order valence-corrected chi connectivity index (χ3v) is 4.13. The fraction of sp³-hybridized carbons (Fsp3) is 0.200. The van der Waals surface area contributed by atoms with Gasteiger partial charge in [0.15, 0.2) is 0 Å². The van der Waals surface area contributed by atoms with Gasteiger partial charge in [0.05, 0.1) is 29.4 Å². The minimum absolute atomic E-state index is 0.465. The number of nitriles is 2. The summed E-state index contributed by atoms with van der Waals surface area (Å²) in [7, 11) is 1.67. The maximum atomic E-state index is 9.35. The van der Waals surface area contributed by atoms with E-state index in [1.54, 1.807) is 31.3 Å². The van der Waals surface area contributed by atoms with Crippen LogP contribution in [0.4, 0.5) is 0 Å². The lowest BCUT2D eigenvalue weighted by atomic mass is 10.1. The van der Waals surface area contributed by atoms with Crippen LogP contribution in [0, 0.1) is 22.7 Å². The van der Waals surface area contributed by atoms with Crippen LogP contribution in [0.15, 0.2) is 58.0 Å². The van der Waals surface area contributed by atoms with E-state index in [2.05, 4.69) is 28.7 Å². The monoisotopic (exact) mass is 343 g/mol. The third-order valence-electron chi connectivity index (χ3n) is 4.13. The van der Waals surface area contributed by atoms with E-state index in [1.165, 1.54) is 0 Å². The Bertz CT molecular complexity index is 984. The van der Waals surface area contributed by atoms with Gasteiger partial charge in [0.25, 0.3) is 0 Å². The van der Waals surface area contributed by atoms with Crippen molar-refractivity contribution in [2.45, 2.75) is 13.0 Å². The molecule has 0 aliphatic carbocycles. The Morgan fingerprint density at radius 2 is 2.27 bits per heavy atom. The molecule has 0 unspecified atom stereocenters. The first kappa shape index (κ1) is 17.2. The lowest BCUT2D eigenvalue weighted by molar-refractivity contribution is 0.342. The number of nitrogens with zero attached hydrogens (tertiary/aromatic N) is 5. The summed E-state index contributed by atoms with van der Waals surface area (Å²) >= 11 is 0. The molecule has 0 saturated heterocycles. The molecule has 1 aliphatic rings. The lowest BCUT2D eigenvalue weighted by Crippen LogP contribution is -2.36. The summed E-state index contributed by atoms with van der Waals surface area (Å²) in [6, 6.07) is 11.5. The molecule has 0 radical (unpaired) electrons. The highest BCUT2D eigenvalue weighted by atomic mass is 16.4. The Kier molecular flexibility index (Phi) is 4.96. The van der Waals surface area contributed by atoms with Crippen molar-refractivity contribution in [2.75, 3.05) is 13.6 Å². The average Bonchev–Trinajstić information content (AvgIpc) is 3.11. The first-order valence-corrected chi connectivity index (χ1v) is 8.14. The maximum Gasteiger partial charge on any atom is 0.226 e. The van der Waals surface area contributed by atoms with Crippen molar-refractivity contribution in [1.29, 1.82) is 10.5 Å². The van der Waals surface area contributed by atoms with Gasteiger partial charge in [-0.25, -0.2) is 4.98 Å². The van der Waals surface area contributed by atoms with Gasteiger partial charge in [0.1, 0.15) is 17.7 Å². The summed E-state index contributed by atoms with van der Waals surface area (Å²) in [5, 5.41) is 18.4. The molecule has 6 heteroatoms. The van der Waals surface area contributed by atoms with Gasteiger partial charge in [0.2, 0.25) is 5.89 Å². The highest BCUT2D eigenvalue weighted by molar-refractivity contribution is 6.02. The van der Waals surface area contributed by atoms with Gasteiger partial charge in [-0.15, -0.1) is 0 Å². The molecule has 0 spiro atoms. The van der Waals surface area contributed by atoms with E-state index < -0.39 is 0 Å². The SMILES string of the molecule is C=C/C=C(/C#N)C(=NC)N1CCc2nc(-c3cccc(C#N)c3)oc2C1. The van der Waals surface area contributed by atoms with Crippen LogP contribution in [0.3, 0.4) is 0 Å². The standard InChI is InChI=1S/C20H17N5O/c1-3-5-16(12-22)19(23-2)25-9-8-17-18(13-25)26-20(24-17)15-7-4-6-14(10-15)11-21/h3-7,10H,1,8-9,13H2,2H3/b16-5-,23-19?. The zero-order valence-corrected chi connectivity index (χ0v) is 14.4. The van der Waals surface area contributed by atoms with E-state index >= 15 is 0 Å². The topological polar surface area (TPSA) is 89.2 Å². The number of amidine groups is 1. The molecule has 0 amide bonds. The molecule has 26 heavy (non-hydrogen) atoms. The molecule has 1 aromatic carbocycles. The van der Waals surface area contributed by atoms with Crippen LogP contribution < -0.4 is 0 Å². The largest absolute Gasteiger partial charge is 0.439 e. The molecule has 0 fully saturated rings. The maximum absolute atomic E-state index is 9.35. The van der Waals surface area contributed by atoms with Gasteiger partial charge < -0.3 is 9.32 Å². The van der Waals surface area contributed by atoms with Crippen molar-refractivity contribution in [3.05, 3.63) is 65.6 Å². The first-order valence-electron chi connectivity index (χ1n) is 8.14. The molecule has 0 saturated carbocycles. The van der Waals surface area contributed by atoms with E-state index in [4.69, 9.17) is 9.68 Å². The second kappa shape index (κ2) is 7.50. The Morgan fingerprint density at radius 1 is 1.42 bits per heavy atom. The molecular formula is C20H17N5O. The van der Waals surface area contributed by atoms with E-state index in [1.807, 2.05) is 17.0 Å². The molecule has 0 atom stereocenters. The van der Waals surface area contributed by atoms with Crippen molar-refractivity contribution in [3.63, 3.8) is 0 Å². The van der Waals surface area contributed by atoms with Crippen LogP contribution in [0.25, 0.3) is 11.5 Å². The number of oxazole rings is 1. The zero-order chi connectivity index (χ0) is 18.5. The highest BCUT2D eigenvalue weighted by Crippen LogP contribution is 2.27. The molecule has 6 nitrogen and oxygen atoms in total. The van der Waals surface area contributed by atoms with Gasteiger partial charge in [-0.3, -0.25) is 4.99 Å². The summed E-state index contributed by atoms with van der Waals surface area (Å²) in [6.07, 6.45) is 3.92. The molecule has 0 N–H and O–H groups in total. The Labute approximate surface area is 152 Å². The number of allylic oxidation sites excluding steroid dienone is 2. The van der Waals surface area contributed by atoms with Crippen LogP contribution in [-0.4, -0.2) is 29.3 Å². The molecule has 1 aliphatic heterocycles. The van der Waals surface area contributed by atoms with Gasteiger partial charge in [-0.05, 0) is 24.3 Å². The summed E-state index contributed by atoms with van der Waals surface area (Å²) in [4.78, 5) is 10.8. The normalized spacial score (nSPS) is 14.3. The highest BCUT2D eigenvalue weighted by Gasteiger charge is 2.26. The summed E-state index contributed by atoms with van der Waals surface area (Å²) < 4.78 is 5.95. The number of rotatable bonds is 3. The van der Waals surface area contributed by atoms with Crippen LogP contribution >= 0.6 is 0 Å². The van der Waals surface area contributed by atoms with Crippen molar-refractivity contribution in [1.82, 2.24) is 9.88 Å². The fourth-order valence-corrected chi connectivity index (χ4v) is 2.93. The zero-order valence-electron chi connectivity index (χ0n) is 14.4. The number of aliphatic imine (C=N–C) groups is 1. The van der Waals surface area contributed by atoms with Crippen LogP contribution in [0.1, 0.15) is 17.0 Å². The van der Waals surface area contributed by atoms with Gasteiger partial charge >= 0.3 is 0 Å². The molecule has 1 aromatic heterocycles. The molecular weight excluding hydrogens is 326 g/mol. The second-order valence-corrected chi connectivity index (χ2v) is 5.73. The van der Waals surface area contributed by atoms with Gasteiger partial charge in [0, 0.05) is 25.6 Å². The quantitative estimate of drug-likeness (QED) is 0.369. The van der Waals surface area contributed by atoms with Crippen molar-refractivity contribution in [3.8, 4) is 23.6 Å². The Balaban J connectivity index is 1.89. The first-order chi connectivity index (χ1) is 12.7. The fourth-order valence-electron chi connectivity index (χ4n) is 2.93. The van der Waals surface area contributed by atoms with E-state index in [0.29, 0.717) is 42.4 Å². The Morgan fingerprint density at radius 3 is 2.96 bits per heavy atom. The minimum Gasteiger partial charge on any atom is -0.439 e. The van der Waals surface area contributed by atoms with Gasteiger partial charge in [-0.1, -0.05) is 18.7 Å². The smallest absolute Gasteiger partial charge is 0.226 e. The van der Waals surface area contributed by atoms with Gasteiger partial charge in [-0.2, -0.15) is 10.5 Å². The number of aromatic nitrogens is 1. The summed E-state index contributed by atoms with van der Waals surface area (Å²) in [5.41, 5.74) is 2.71. The molecule has 0 bridgehead atoms. The number of benzene rings is 1. The summed E-state index contributed by atoms with van der Waals surface area (Å²) in [6.45, 7) is 4.83. The number of fused-ring (bicyclic) bond motifs is 1. The summed E-state index contributed by atoms with van der Waals surface area (Å²) in [5.74, 6) is 1.87. The lowest BCUT2D eigenvalue weighted by Gasteiger charge is -2.27. The minimum atomic E-state index is 0.465.